The molecule has 284 valence electrons. The van der Waals surface area contributed by atoms with Gasteiger partial charge in [-0.15, -0.1) is 11.3 Å². The molecule has 2 atom stereocenters. The lowest BCUT2D eigenvalue weighted by Gasteiger charge is -2.42. The molecule has 1 amide bonds. The predicted octanol–water partition coefficient (Wildman–Crippen LogP) is 8.13. The van der Waals surface area contributed by atoms with Crippen LogP contribution in [0.5, 0.6) is 6.01 Å². The van der Waals surface area contributed by atoms with E-state index in [0.717, 1.165) is 63.0 Å². The normalized spacial score (nSPS) is 21.0. The Kier molecular flexibility index (Phi) is 9.34. The maximum absolute atomic E-state index is 17.4. The second-order valence-electron chi connectivity index (χ2n) is 16.1. The Labute approximate surface area is 322 Å². The van der Waals surface area contributed by atoms with E-state index in [9.17, 15) is 10.1 Å². The predicted molar refractivity (Wildman–Crippen MR) is 207 cm³/mol. The van der Waals surface area contributed by atoms with Gasteiger partial charge in [0.1, 0.15) is 40.4 Å². The lowest BCUT2D eigenvalue weighted by atomic mass is 9.95. The Bertz CT molecular complexity index is 2210. The fourth-order valence-electron chi connectivity index (χ4n) is 8.79. The van der Waals surface area contributed by atoms with Gasteiger partial charge in [0.2, 0.25) is 0 Å². The molecule has 0 spiro atoms. The number of halogens is 3. The van der Waals surface area contributed by atoms with Crippen molar-refractivity contribution in [3.05, 3.63) is 40.4 Å². The van der Waals surface area contributed by atoms with Gasteiger partial charge in [-0.3, -0.25) is 9.80 Å². The van der Waals surface area contributed by atoms with Gasteiger partial charge < -0.3 is 19.3 Å². The van der Waals surface area contributed by atoms with Crippen molar-refractivity contribution in [2.24, 2.45) is 4.99 Å². The van der Waals surface area contributed by atoms with E-state index in [0.29, 0.717) is 35.9 Å². The molecule has 11 nitrogen and oxygen atoms in total. The molecule has 2 aromatic carbocycles. The first-order valence-electron chi connectivity index (χ1n) is 18.5. The zero-order chi connectivity index (χ0) is 38.1. The smallest absolute Gasteiger partial charge is 0.410 e. The van der Waals surface area contributed by atoms with Crippen LogP contribution in [-0.4, -0.2) is 107 Å². The third-order valence-corrected chi connectivity index (χ3v) is 12.5. The van der Waals surface area contributed by atoms with Gasteiger partial charge in [-0.2, -0.15) is 15.2 Å². The summed E-state index contributed by atoms with van der Waals surface area (Å²) in [4.78, 5) is 35.4. The van der Waals surface area contributed by atoms with Crippen LogP contribution in [-0.2, 0) is 4.74 Å². The minimum Gasteiger partial charge on any atom is -0.461 e. The highest BCUT2D eigenvalue weighted by Gasteiger charge is 2.46. The number of aromatic nitrogens is 2. The van der Waals surface area contributed by atoms with Gasteiger partial charge in [0.25, 0.3) is 0 Å². The maximum Gasteiger partial charge on any atom is 0.410 e. The lowest BCUT2D eigenvalue weighted by molar-refractivity contribution is 0.0122. The Morgan fingerprint density at radius 1 is 1.17 bits per heavy atom. The van der Waals surface area contributed by atoms with Gasteiger partial charge >= 0.3 is 12.1 Å². The summed E-state index contributed by atoms with van der Waals surface area (Å²) in [7, 11) is 3.58. The van der Waals surface area contributed by atoms with Gasteiger partial charge in [0, 0.05) is 43.5 Å². The van der Waals surface area contributed by atoms with Crippen LogP contribution in [0, 0.1) is 23.0 Å². The van der Waals surface area contributed by atoms with E-state index >= 15 is 8.78 Å². The standard InChI is InChI=1S/C39H43ClF2N8O3S/c1-38(2,3)53-37(51)50-22-8-9-23(50)19-48(18-22)34-25-16-27(40)30(24-10-11-28(41)33-29(24)26(17-43)35(54-33)44-21-47(4)5)31(42)32(25)45-36(46-34)52-20-39-12-6-14-49(39)15-7-13-39/h10-11,16,21-23H,6-9,12-15,18-20H2,1-5H3/b44-21+/t22-,23-/m0/s1. The van der Waals surface area contributed by atoms with Crippen molar-refractivity contribution in [3.8, 4) is 23.2 Å². The van der Waals surface area contributed by atoms with Crippen LogP contribution in [0.3, 0.4) is 0 Å². The average molecular weight is 777 g/mol. The zero-order valence-corrected chi connectivity index (χ0v) is 32.7. The molecule has 2 aromatic heterocycles. The molecule has 2 bridgehead atoms. The number of anilines is 1. The summed E-state index contributed by atoms with van der Waals surface area (Å²) >= 11 is 8.03. The Morgan fingerprint density at radius 3 is 2.52 bits per heavy atom. The van der Waals surface area contributed by atoms with Crippen LogP contribution < -0.4 is 9.64 Å². The molecule has 0 N–H and O–H groups in total. The topological polar surface area (TPSA) is 110 Å². The van der Waals surface area contributed by atoms with Gasteiger partial charge in [0.15, 0.2) is 5.82 Å². The van der Waals surface area contributed by atoms with Gasteiger partial charge in [0.05, 0.1) is 39.2 Å². The molecular formula is C39H43ClF2N8O3S. The Balaban J connectivity index is 1.25. The first-order valence-corrected chi connectivity index (χ1v) is 19.7. The Morgan fingerprint density at radius 2 is 1.87 bits per heavy atom. The number of rotatable bonds is 7. The monoisotopic (exact) mass is 776 g/mol. The summed E-state index contributed by atoms with van der Waals surface area (Å²) in [5.41, 5.74) is -0.349. The van der Waals surface area contributed by atoms with E-state index in [4.69, 9.17) is 31.0 Å². The molecule has 0 radical (unpaired) electrons. The van der Waals surface area contributed by atoms with E-state index in [-0.39, 0.29) is 67.0 Å². The first kappa shape index (κ1) is 36.6. The summed E-state index contributed by atoms with van der Waals surface area (Å²) in [6.07, 6.45) is 7.00. The van der Waals surface area contributed by atoms with Gasteiger partial charge in [-0.1, -0.05) is 17.7 Å². The van der Waals surface area contributed by atoms with E-state index in [1.54, 1.807) is 25.1 Å². The number of nitriles is 1. The number of fused-ring (bicyclic) bond motifs is 5. The fraction of sp³-hybridized carbons (Fsp3) is 0.513. The molecule has 15 heteroatoms. The number of ether oxygens (including phenoxy) is 2. The van der Waals surface area contributed by atoms with E-state index in [2.05, 4.69) is 20.9 Å². The third kappa shape index (κ3) is 6.37. The van der Waals surface area contributed by atoms with Gasteiger partial charge in [-0.25, -0.2) is 18.6 Å². The van der Waals surface area contributed by atoms with Crippen molar-refractivity contribution in [3.63, 3.8) is 0 Å². The molecule has 54 heavy (non-hydrogen) atoms. The summed E-state index contributed by atoms with van der Waals surface area (Å²) in [6.45, 7) is 8.90. The molecular weight excluding hydrogens is 734 g/mol. The summed E-state index contributed by atoms with van der Waals surface area (Å²) in [5.74, 6) is -0.816. The molecule has 0 saturated carbocycles. The molecule has 6 heterocycles. The number of hydrogen-bond acceptors (Lipinski definition) is 10. The molecule has 4 fully saturated rings. The lowest BCUT2D eigenvalue weighted by Crippen LogP contribution is -2.57. The summed E-state index contributed by atoms with van der Waals surface area (Å²) in [5, 5.41) is 11.3. The highest BCUT2D eigenvalue weighted by Crippen LogP contribution is 2.48. The van der Waals surface area contributed by atoms with E-state index in [1.807, 2.05) is 25.7 Å². The number of nitrogens with zero attached hydrogens (tertiary/aromatic N) is 8. The van der Waals surface area contributed by atoms with Gasteiger partial charge in [-0.05, 0) is 90.1 Å². The van der Waals surface area contributed by atoms with Crippen molar-refractivity contribution in [2.45, 2.75) is 82.5 Å². The number of carbonyl (C=O) groups is 1. The SMILES string of the molecule is CN(C)/C=N/c1sc2c(F)ccc(-c3c(Cl)cc4c(N5C[C@@H]6CC[C@@H](C5)N6C(=O)OC(C)(C)C)nc(OCC56CCCN5CCC6)nc4c3F)c2c1C#N. The van der Waals surface area contributed by atoms with Crippen molar-refractivity contribution >= 4 is 67.2 Å². The van der Waals surface area contributed by atoms with Crippen LogP contribution >= 0.6 is 22.9 Å². The Hall–Kier alpha value is -4.32. The maximum atomic E-state index is 17.4. The fourth-order valence-corrected chi connectivity index (χ4v) is 10.1. The van der Waals surface area contributed by atoms with Crippen LogP contribution in [0.4, 0.5) is 24.4 Å². The quantitative estimate of drug-likeness (QED) is 0.136. The second kappa shape index (κ2) is 13.8. The largest absolute Gasteiger partial charge is 0.461 e. The minimum atomic E-state index is -0.732. The van der Waals surface area contributed by atoms with Crippen molar-refractivity contribution in [1.82, 2.24) is 24.7 Å². The third-order valence-electron chi connectivity index (χ3n) is 11.1. The summed E-state index contributed by atoms with van der Waals surface area (Å²) < 4.78 is 45.1. The number of hydrogen-bond donors (Lipinski definition) is 0. The number of amides is 1. The molecule has 4 aromatic rings. The van der Waals surface area contributed by atoms with Crippen molar-refractivity contribution in [2.75, 3.05) is 51.8 Å². The van der Waals surface area contributed by atoms with Crippen LogP contribution in [0.1, 0.15) is 64.9 Å². The van der Waals surface area contributed by atoms with E-state index < -0.39 is 17.2 Å². The number of thiophene rings is 1. The van der Waals surface area contributed by atoms with Crippen LogP contribution in [0.15, 0.2) is 23.2 Å². The van der Waals surface area contributed by atoms with Crippen LogP contribution in [0.25, 0.3) is 32.1 Å². The molecule has 0 unspecified atom stereocenters. The van der Waals surface area contributed by atoms with Crippen molar-refractivity contribution in [1.29, 1.82) is 5.26 Å². The molecule has 4 aliphatic heterocycles. The average Bonchev–Trinajstić information content (AvgIpc) is 3.86. The minimum absolute atomic E-state index is 0.000540. The first-order chi connectivity index (χ1) is 25.8. The highest BCUT2D eigenvalue weighted by molar-refractivity contribution is 7.23. The second-order valence-corrected chi connectivity index (χ2v) is 17.5. The van der Waals surface area contributed by atoms with Crippen molar-refractivity contribution < 1.29 is 23.0 Å². The summed E-state index contributed by atoms with van der Waals surface area (Å²) in [6, 6.07) is 6.31. The highest BCUT2D eigenvalue weighted by atomic mass is 35.5. The zero-order valence-electron chi connectivity index (χ0n) is 31.1. The van der Waals surface area contributed by atoms with E-state index in [1.165, 1.54) is 18.5 Å². The number of carbonyl (C=O) groups excluding carboxylic acids is 1. The molecule has 8 rings (SSSR count). The molecule has 0 aliphatic carbocycles. The number of benzene rings is 2. The number of aliphatic imine (C=N–C) groups is 1. The number of piperazine rings is 1. The molecule has 4 aliphatic rings. The van der Waals surface area contributed by atoms with Crippen LogP contribution in [0.2, 0.25) is 5.02 Å². The molecule has 4 saturated heterocycles.